The van der Waals surface area contributed by atoms with Crippen LogP contribution in [0.4, 0.5) is 0 Å². The van der Waals surface area contributed by atoms with Gasteiger partial charge in [-0.05, 0) is 86.3 Å². The van der Waals surface area contributed by atoms with Gasteiger partial charge in [0.15, 0.2) is 0 Å². The molecule has 8 rings (SSSR count). The summed E-state index contributed by atoms with van der Waals surface area (Å²) in [7, 11) is 0. The minimum atomic E-state index is -0.157. The summed E-state index contributed by atoms with van der Waals surface area (Å²) >= 11 is 0. The smallest absolute Gasteiger partial charge is 0.0991 e. The van der Waals surface area contributed by atoms with E-state index in [-0.39, 0.29) is 5.41 Å². The standard InChI is InChI=1S/C39H26N2/c1-39(2)35-19-24(23-40)11-17-31(35)32-18-16-27(22-36(32)39)25-12-14-26(15-13-25)34-21-29-20-28-7-3-6-10-37(28)41-38(29)33-9-5-4-8-30(33)34/h3-22H,1-2H3. The Morgan fingerprint density at radius 3 is 2.02 bits per heavy atom. The van der Waals surface area contributed by atoms with E-state index in [9.17, 15) is 5.26 Å². The molecule has 0 aliphatic heterocycles. The topological polar surface area (TPSA) is 36.7 Å². The van der Waals surface area contributed by atoms with Gasteiger partial charge in [-0.1, -0.05) is 98.8 Å². The number of fused-ring (bicyclic) bond motifs is 7. The molecule has 2 nitrogen and oxygen atoms in total. The predicted molar refractivity (Wildman–Crippen MR) is 170 cm³/mol. The fourth-order valence-corrected chi connectivity index (χ4v) is 6.68. The molecule has 0 N–H and O–H groups in total. The highest BCUT2D eigenvalue weighted by atomic mass is 14.7. The van der Waals surface area contributed by atoms with Crippen LogP contribution < -0.4 is 0 Å². The molecule has 1 aromatic heterocycles. The Bertz CT molecular complexity index is 2230. The number of hydrogen-bond donors (Lipinski definition) is 0. The van der Waals surface area contributed by atoms with Crippen molar-refractivity contribution in [1.82, 2.24) is 4.98 Å². The van der Waals surface area contributed by atoms with Crippen molar-refractivity contribution in [1.29, 1.82) is 5.26 Å². The van der Waals surface area contributed by atoms with E-state index in [2.05, 4.69) is 129 Å². The van der Waals surface area contributed by atoms with Gasteiger partial charge in [-0.3, -0.25) is 0 Å². The maximum absolute atomic E-state index is 9.45. The van der Waals surface area contributed by atoms with Crippen molar-refractivity contribution in [2.24, 2.45) is 0 Å². The van der Waals surface area contributed by atoms with Crippen LogP contribution in [0.2, 0.25) is 0 Å². The van der Waals surface area contributed by atoms with E-state index >= 15 is 0 Å². The number of aromatic nitrogens is 1. The molecule has 1 heterocycles. The van der Waals surface area contributed by atoms with E-state index in [1.54, 1.807) is 0 Å². The Balaban J connectivity index is 1.22. The molecule has 41 heavy (non-hydrogen) atoms. The molecule has 0 amide bonds. The minimum Gasteiger partial charge on any atom is -0.247 e. The summed E-state index contributed by atoms with van der Waals surface area (Å²) in [6.45, 7) is 4.52. The van der Waals surface area contributed by atoms with Gasteiger partial charge in [0, 0.05) is 21.6 Å². The summed E-state index contributed by atoms with van der Waals surface area (Å²) in [4.78, 5) is 5.04. The van der Waals surface area contributed by atoms with E-state index in [1.807, 2.05) is 12.1 Å². The summed E-state index contributed by atoms with van der Waals surface area (Å²) in [5.74, 6) is 0. The lowest BCUT2D eigenvalue weighted by molar-refractivity contribution is 0.660. The molecule has 0 fully saturated rings. The first-order valence-corrected chi connectivity index (χ1v) is 14.0. The second kappa shape index (κ2) is 8.62. The van der Waals surface area contributed by atoms with Gasteiger partial charge in [0.1, 0.15) is 0 Å². The number of pyridine rings is 1. The summed E-state index contributed by atoms with van der Waals surface area (Å²) < 4.78 is 0. The molecule has 0 saturated carbocycles. The van der Waals surface area contributed by atoms with Crippen molar-refractivity contribution in [2.75, 3.05) is 0 Å². The van der Waals surface area contributed by atoms with Gasteiger partial charge in [0.25, 0.3) is 0 Å². The third-order valence-electron chi connectivity index (χ3n) is 8.86. The van der Waals surface area contributed by atoms with Gasteiger partial charge >= 0.3 is 0 Å². The summed E-state index contributed by atoms with van der Waals surface area (Å²) in [5.41, 5.74) is 12.5. The van der Waals surface area contributed by atoms with Crippen LogP contribution in [0.5, 0.6) is 0 Å². The first-order chi connectivity index (χ1) is 20.0. The molecule has 0 bridgehead atoms. The van der Waals surface area contributed by atoms with Crippen LogP contribution >= 0.6 is 0 Å². The van der Waals surface area contributed by atoms with Crippen LogP contribution in [-0.4, -0.2) is 4.98 Å². The molecular formula is C39H26N2. The van der Waals surface area contributed by atoms with Gasteiger partial charge in [0.05, 0.1) is 22.7 Å². The zero-order valence-electron chi connectivity index (χ0n) is 22.9. The summed E-state index contributed by atoms with van der Waals surface area (Å²) in [6.07, 6.45) is 0. The van der Waals surface area contributed by atoms with Crippen LogP contribution in [0, 0.1) is 11.3 Å². The fourth-order valence-electron chi connectivity index (χ4n) is 6.68. The van der Waals surface area contributed by atoms with Crippen LogP contribution in [0.3, 0.4) is 0 Å². The molecule has 0 unspecified atom stereocenters. The van der Waals surface area contributed by atoms with Gasteiger partial charge in [-0.15, -0.1) is 0 Å². The Morgan fingerprint density at radius 1 is 0.561 bits per heavy atom. The zero-order valence-corrected chi connectivity index (χ0v) is 22.9. The zero-order chi connectivity index (χ0) is 27.7. The van der Waals surface area contributed by atoms with Crippen LogP contribution in [0.1, 0.15) is 30.5 Å². The van der Waals surface area contributed by atoms with E-state index in [4.69, 9.17) is 4.98 Å². The number of rotatable bonds is 2. The molecule has 6 aromatic carbocycles. The van der Waals surface area contributed by atoms with E-state index in [0.717, 1.165) is 21.8 Å². The van der Waals surface area contributed by atoms with E-state index < -0.39 is 0 Å². The van der Waals surface area contributed by atoms with Crippen molar-refractivity contribution in [3.63, 3.8) is 0 Å². The maximum Gasteiger partial charge on any atom is 0.0991 e. The highest BCUT2D eigenvalue weighted by molar-refractivity contribution is 6.14. The van der Waals surface area contributed by atoms with Crippen LogP contribution in [-0.2, 0) is 5.41 Å². The highest BCUT2D eigenvalue weighted by Crippen LogP contribution is 2.50. The third kappa shape index (κ3) is 3.53. The molecule has 0 atom stereocenters. The van der Waals surface area contributed by atoms with Crippen molar-refractivity contribution >= 4 is 32.6 Å². The molecule has 0 spiro atoms. The number of benzene rings is 6. The highest BCUT2D eigenvalue weighted by Gasteiger charge is 2.35. The molecular weight excluding hydrogens is 496 g/mol. The van der Waals surface area contributed by atoms with Crippen LogP contribution in [0.25, 0.3) is 66.0 Å². The van der Waals surface area contributed by atoms with E-state index in [1.165, 1.54) is 55.3 Å². The number of nitriles is 1. The van der Waals surface area contributed by atoms with Crippen molar-refractivity contribution < 1.29 is 0 Å². The summed E-state index contributed by atoms with van der Waals surface area (Å²) in [5, 5.41) is 14.1. The molecule has 7 aromatic rings. The second-order valence-electron chi connectivity index (χ2n) is 11.6. The Morgan fingerprint density at radius 2 is 1.22 bits per heavy atom. The quantitative estimate of drug-likeness (QED) is 0.167. The first kappa shape index (κ1) is 23.6. The monoisotopic (exact) mass is 522 g/mol. The molecule has 0 radical (unpaired) electrons. The third-order valence-corrected chi connectivity index (χ3v) is 8.86. The first-order valence-electron chi connectivity index (χ1n) is 14.0. The van der Waals surface area contributed by atoms with Gasteiger partial charge in [0.2, 0.25) is 0 Å². The Labute approximate surface area is 239 Å². The number of nitrogens with zero attached hydrogens (tertiary/aromatic N) is 2. The Kier molecular flexibility index (Phi) is 4.96. The molecule has 0 saturated heterocycles. The number of para-hydroxylation sites is 1. The molecule has 192 valence electrons. The molecule has 1 aliphatic carbocycles. The van der Waals surface area contributed by atoms with Crippen molar-refractivity contribution in [3.8, 4) is 39.4 Å². The fraction of sp³-hybridized carbons (Fsp3) is 0.0769. The van der Waals surface area contributed by atoms with Gasteiger partial charge < -0.3 is 0 Å². The average molecular weight is 523 g/mol. The largest absolute Gasteiger partial charge is 0.247 e. The maximum atomic E-state index is 9.45. The second-order valence-corrected chi connectivity index (χ2v) is 11.6. The Hall–Kier alpha value is -5.26. The van der Waals surface area contributed by atoms with E-state index in [0.29, 0.717) is 5.56 Å². The lowest BCUT2D eigenvalue weighted by atomic mass is 9.81. The molecule has 2 heteroatoms. The number of hydrogen-bond acceptors (Lipinski definition) is 2. The van der Waals surface area contributed by atoms with Gasteiger partial charge in [-0.2, -0.15) is 5.26 Å². The predicted octanol–water partition coefficient (Wildman–Crippen LogP) is 10.1. The minimum absolute atomic E-state index is 0.157. The summed E-state index contributed by atoms with van der Waals surface area (Å²) in [6, 6.07) is 45.6. The van der Waals surface area contributed by atoms with Crippen molar-refractivity contribution in [2.45, 2.75) is 19.3 Å². The lowest BCUT2D eigenvalue weighted by Crippen LogP contribution is -2.15. The SMILES string of the molecule is CC1(C)c2cc(C#N)ccc2-c2ccc(-c3ccc(-c4cc5cc6ccccc6nc5c5ccccc45)cc3)cc21. The van der Waals surface area contributed by atoms with Crippen LogP contribution in [0.15, 0.2) is 121 Å². The van der Waals surface area contributed by atoms with Crippen molar-refractivity contribution in [3.05, 3.63) is 138 Å². The normalized spacial score (nSPS) is 13.3. The molecule has 1 aliphatic rings. The van der Waals surface area contributed by atoms with Gasteiger partial charge in [-0.25, -0.2) is 4.98 Å². The average Bonchev–Trinajstić information content (AvgIpc) is 3.25. The lowest BCUT2D eigenvalue weighted by Gasteiger charge is -2.22.